The Morgan fingerprint density at radius 3 is 2.95 bits per heavy atom. The van der Waals surface area contributed by atoms with Gasteiger partial charge in [-0.05, 0) is 50.5 Å². The average molecular weight is 303 g/mol. The molecule has 0 aromatic heterocycles. The molecule has 0 aliphatic heterocycles. The molecule has 0 spiro atoms. The summed E-state index contributed by atoms with van der Waals surface area (Å²) in [5, 5.41) is 12.6. The van der Waals surface area contributed by atoms with Crippen molar-refractivity contribution in [2.45, 2.75) is 45.3 Å². The van der Waals surface area contributed by atoms with Crippen LogP contribution in [0.15, 0.2) is 30.3 Å². The molecule has 4 nitrogen and oxygen atoms in total. The molecule has 2 unspecified atom stereocenters. The van der Waals surface area contributed by atoms with Gasteiger partial charge in [0, 0.05) is 18.5 Å². The van der Waals surface area contributed by atoms with E-state index in [4.69, 9.17) is 4.74 Å². The molecule has 1 saturated carbocycles. The summed E-state index contributed by atoms with van der Waals surface area (Å²) in [6.07, 6.45) is 6.03. The Bertz CT molecular complexity index is 525. The van der Waals surface area contributed by atoms with Crippen LogP contribution in [0, 0.1) is 5.92 Å². The fourth-order valence-electron chi connectivity index (χ4n) is 2.68. The van der Waals surface area contributed by atoms with Crippen LogP contribution in [0.5, 0.6) is 5.75 Å². The third-order valence-corrected chi connectivity index (χ3v) is 3.81. The summed E-state index contributed by atoms with van der Waals surface area (Å²) in [7, 11) is 0. The first kappa shape index (κ1) is 16.6. The van der Waals surface area contributed by atoms with Gasteiger partial charge >= 0.3 is 0 Å². The number of carbonyl (C=O) groups is 1. The monoisotopic (exact) mass is 303 g/mol. The molecule has 0 saturated heterocycles. The van der Waals surface area contributed by atoms with E-state index in [-0.39, 0.29) is 24.0 Å². The molecule has 4 heteroatoms. The molecule has 0 bridgehead atoms. The number of hydrogen-bond acceptors (Lipinski definition) is 3. The Labute approximate surface area is 132 Å². The van der Waals surface area contributed by atoms with Crippen molar-refractivity contribution < 1.29 is 14.6 Å². The van der Waals surface area contributed by atoms with E-state index in [2.05, 4.69) is 5.32 Å². The van der Waals surface area contributed by atoms with Crippen molar-refractivity contribution in [3.05, 3.63) is 35.9 Å². The molecule has 1 amide bonds. The van der Waals surface area contributed by atoms with Crippen LogP contribution in [0.2, 0.25) is 0 Å². The fourth-order valence-corrected chi connectivity index (χ4v) is 2.68. The Morgan fingerprint density at radius 1 is 1.45 bits per heavy atom. The topological polar surface area (TPSA) is 58.6 Å². The van der Waals surface area contributed by atoms with Gasteiger partial charge in [-0.1, -0.05) is 18.6 Å². The first-order valence-electron chi connectivity index (χ1n) is 7.95. The van der Waals surface area contributed by atoms with Gasteiger partial charge in [-0.3, -0.25) is 4.79 Å². The minimum absolute atomic E-state index is 0.125. The zero-order valence-corrected chi connectivity index (χ0v) is 13.3. The minimum Gasteiger partial charge on any atom is -0.491 e. The highest BCUT2D eigenvalue weighted by Gasteiger charge is 2.24. The predicted molar refractivity (Wildman–Crippen MR) is 87.6 cm³/mol. The van der Waals surface area contributed by atoms with Crippen molar-refractivity contribution in [2.75, 3.05) is 6.54 Å². The third-order valence-electron chi connectivity index (χ3n) is 3.81. The maximum atomic E-state index is 11.8. The van der Waals surface area contributed by atoms with Gasteiger partial charge in [-0.2, -0.15) is 0 Å². The van der Waals surface area contributed by atoms with Crippen molar-refractivity contribution >= 4 is 12.0 Å². The van der Waals surface area contributed by atoms with Crippen LogP contribution >= 0.6 is 0 Å². The Balaban J connectivity index is 1.84. The van der Waals surface area contributed by atoms with E-state index in [1.165, 1.54) is 6.08 Å². The summed E-state index contributed by atoms with van der Waals surface area (Å²) in [6.45, 7) is 4.50. The van der Waals surface area contributed by atoms with Gasteiger partial charge in [0.05, 0.1) is 12.2 Å². The van der Waals surface area contributed by atoms with E-state index < -0.39 is 0 Å². The van der Waals surface area contributed by atoms with Crippen LogP contribution in [0.3, 0.4) is 0 Å². The molecule has 1 aromatic carbocycles. The molecule has 2 rings (SSSR count). The lowest BCUT2D eigenvalue weighted by atomic mass is 10.1. The fraction of sp³-hybridized carbons (Fsp3) is 0.500. The molecule has 1 aliphatic rings. The van der Waals surface area contributed by atoms with E-state index in [0.717, 1.165) is 30.6 Å². The van der Waals surface area contributed by atoms with Crippen LogP contribution in [0.4, 0.5) is 0 Å². The van der Waals surface area contributed by atoms with E-state index in [1.54, 1.807) is 6.08 Å². The number of aliphatic hydroxyl groups excluding tert-OH is 1. The first-order valence-corrected chi connectivity index (χ1v) is 7.95. The number of hydrogen-bond donors (Lipinski definition) is 2. The second kappa shape index (κ2) is 7.99. The first-order chi connectivity index (χ1) is 10.5. The standard InChI is InChI=1S/C18H25NO3/c1-13(2)22-16-7-3-5-14(11-16)9-10-18(21)19-12-15-6-4-8-17(15)20/h3,5,7,9-11,13,15,17,20H,4,6,8,12H2,1-2H3,(H,19,21). The van der Waals surface area contributed by atoms with Crippen LogP contribution < -0.4 is 10.1 Å². The van der Waals surface area contributed by atoms with Crippen LogP contribution in [0.25, 0.3) is 6.08 Å². The van der Waals surface area contributed by atoms with Gasteiger partial charge in [-0.25, -0.2) is 0 Å². The molecule has 1 fully saturated rings. The van der Waals surface area contributed by atoms with E-state index in [1.807, 2.05) is 38.1 Å². The molecule has 0 heterocycles. The van der Waals surface area contributed by atoms with Crippen LogP contribution in [0.1, 0.15) is 38.7 Å². The largest absolute Gasteiger partial charge is 0.491 e. The normalized spacial score (nSPS) is 21.5. The lowest BCUT2D eigenvalue weighted by Gasteiger charge is -2.14. The predicted octanol–water partition coefficient (Wildman–Crippen LogP) is 2.76. The SMILES string of the molecule is CC(C)Oc1cccc(C=CC(=O)NCC2CCCC2O)c1. The maximum absolute atomic E-state index is 11.8. The summed E-state index contributed by atoms with van der Waals surface area (Å²) < 4.78 is 5.63. The summed E-state index contributed by atoms with van der Waals surface area (Å²) in [5.74, 6) is 0.862. The number of benzene rings is 1. The lowest BCUT2D eigenvalue weighted by molar-refractivity contribution is -0.116. The molecule has 0 radical (unpaired) electrons. The van der Waals surface area contributed by atoms with Crippen molar-refractivity contribution in [1.82, 2.24) is 5.32 Å². The highest BCUT2D eigenvalue weighted by atomic mass is 16.5. The van der Waals surface area contributed by atoms with E-state index in [0.29, 0.717) is 6.54 Å². The Morgan fingerprint density at radius 2 is 2.27 bits per heavy atom. The number of nitrogens with one attached hydrogen (secondary N) is 1. The smallest absolute Gasteiger partial charge is 0.244 e. The Hall–Kier alpha value is -1.81. The summed E-state index contributed by atoms with van der Waals surface area (Å²) >= 11 is 0. The molecule has 22 heavy (non-hydrogen) atoms. The number of carbonyl (C=O) groups excluding carboxylic acids is 1. The quantitative estimate of drug-likeness (QED) is 0.795. The van der Waals surface area contributed by atoms with Crippen molar-refractivity contribution in [1.29, 1.82) is 0 Å². The summed E-state index contributed by atoms with van der Waals surface area (Å²) in [4.78, 5) is 11.8. The van der Waals surface area contributed by atoms with Crippen LogP contribution in [-0.4, -0.2) is 29.8 Å². The van der Waals surface area contributed by atoms with Gasteiger partial charge in [0.1, 0.15) is 5.75 Å². The van der Waals surface area contributed by atoms with Crippen LogP contribution in [-0.2, 0) is 4.79 Å². The maximum Gasteiger partial charge on any atom is 0.244 e. The molecular weight excluding hydrogens is 278 g/mol. The molecular formula is C18H25NO3. The average Bonchev–Trinajstić information content (AvgIpc) is 2.88. The lowest BCUT2D eigenvalue weighted by Crippen LogP contribution is -2.31. The number of amides is 1. The molecule has 1 aromatic rings. The van der Waals surface area contributed by atoms with E-state index in [9.17, 15) is 9.90 Å². The van der Waals surface area contributed by atoms with Gasteiger partial charge in [0.15, 0.2) is 0 Å². The summed E-state index contributed by atoms with van der Waals surface area (Å²) in [5.41, 5.74) is 0.925. The zero-order chi connectivity index (χ0) is 15.9. The number of rotatable bonds is 6. The second-order valence-corrected chi connectivity index (χ2v) is 6.08. The van der Waals surface area contributed by atoms with Gasteiger partial charge < -0.3 is 15.2 Å². The highest BCUT2D eigenvalue weighted by molar-refractivity contribution is 5.91. The zero-order valence-electron chi connectivity index (χ0n) is 13.3. The Kier molecular flexibility index (Phi) is 6.01. The molecule has 120 valence electrons. The number of aliphatic hydroxyl groups is 1. The number of ether oxygens (including phenoxy) is 1. The van der Waals surface area contributed by atoms with Gasteiger partial charge in [0.2, 0.25) is 5.91 Å². The minimum atomic E-state index is -0.269. The molecule has 1 aliphatic carbocycles. The highest BCUT2D eigenvalue weighted by Crippen LogP contribution is 2.24. The molecule has 2 atom stereocenters. The van der Waals surface area contributed by atoms with Crippen molar-refractivity contribution in [2.24, 2.45) is 5.92 Å². The molecule has 2 N–H and O–H groups in total. The second-order valence-electron chi connectivity index (χ2n) is 6.08. The van der Waals surface area contributed by atoms with E-state index >= 15 is 0 Å². The van der Waals surface area contributed by atoms with Crippen molar-refractivity contribution in [3.8, 4) is 5.75 Å². The third kappa shape index (κ3) is 5.19. The van der Waals surface area contributed by atoms with Crippen molar-refractivity contribution in [3.63, 3.8) is 0 Å². The van der Waals surface area contributed by atoms with Gasteiger partial charge in [0.25, 0.3) is 0 Å². The van der Waals surface area contributed by atoms with Gasteiger partial charge in [-0.15, -0.1) is 0 Å². The summed E-state index contributed by atoms with van der Waals surface area (Å²) in [6, 6.07) is 7.64.